The molecular formula is C42H25N5OS. The summed E-state index contributed by atoms with van der Waals surface area (Å²) in [5.74, 6) is 1.54. The second-order valence-electron chi connectivity index (χ2n) is 12.2. The van der Waals surface area contributed by atoms with Crippen molar-refractivity contribution in [2.75, 3.05) is 4.90 Å². The molecule has 0 N–H and O–H groups in total. The van der Waals surface area contributed by atoms with Gasteiger partial charge < -0.3 is 9.32 Å². The van der Waals surface area contributed by atoms with Crippen molar-refractivity contribution in [3.63, 3.8) is 0 Å². The number of fused-ring (bicyclic) bond motifs is 8. The van der Waals surface area contributed by atoms with Crippen LogP contribution in [-0.4, -0.2) is 15.0 Å². The third kappa shape index (κ3) is 4.31. The van der Waals surface area contributed by atoms with Gasteiger partial charge in [0.1, 0.15) is 17.2 Å². The summed E-state index contributed by atoms with van der Waals surface area (Å²) in [6, 6.07) is 49.7. The van der Waals surface area contributed by atoms with Crippen LogP contribution >= 0.6 is 11.8 Å². The van der Waals surface area contributed by atoms with Crippen LogP contribution in [0, 0.1) is 11.3 Å². The van der Waals surface area contributed by atoms with E-state index in [9.17, 15) is 5.26 Å². The van der Waals surface area contributed by atoms with Gasteiger partial charge in [-0.1, -0.05) is 97.1 Å². The zero-order chi connectivity index (χ0) is 32.5. The van der Waals surface area contributed by atoms with E-state index in [1.54, 1.807) is 0 Å². The summed E-state index contributed by atoms with van der Waals surface area (Å²) in [7, 11) is 0. The summed E-state index contributed by atoms with van der Waals surface area (Å²) in [6.07, 6.45) is 0. The predicted octanol–water partition coefficient (Wildman–Crippen LogP) is 10.7. The summed E-state index contributed by atoms with van der Waals surface area (Å²) >= 11 is 1.90. The maximum Gasteiger partial charge on any atom is 0.167 e. The molecule has 0 bridgehead atoms. The molecule has 6 nitrogen and oxygen atoms in total. The fraction of sp³-hybridized carbons (Fsp3) is 0.0476. The molecule has 0 fully saturated rings. The molecule has 49 heavy (non-hydrogen) atoms. The highest BCUT2D eigenvalue weighted by molar-refractivity contribution is 8.00. The third-order valence-electron chi connectivity index (χ3n) is 9.51. The largest absolute Gasteiger partial charge is 0.455 e. The number of nitriles is 1. The molecule has 0 saturated heterocycles. The van der Waals surface area contributed by atoms with Crippen LogP contribution in [0.5, 0.6) is 0 Å². The molecule has 2 atom stereocenters. The van der Waals surface area contributed by atoms with Gasteiger partial charge >= 0.3 is 0 Å². The highest BCUT2D eigenvalue weighted by Gasteiger charge is 2.46. The zero-order valence-electron chi connectivity index (χ0n) is 26.0. The van der Waals surface area contributed by atoms with E-state index in [1.165, 1.54) is 16.0 Å². The molecule has 0 radical (unpaired) electrons. The number of hydrogen-bond donors (Lipinski definition) is 0. The number of thioether (sulfide) groups is 1. The van der Waals surface area contributed by atoms with Crippen molar-refractivity contribution in [2.24, 2.45) is 0 Å². The van der Waals surface area contributed by atoms with Crippen molar-refractivity contribution in [1.29, 1.82) is 5.26 Å². The molecule has 7 heteroatoms. The number of anilines is 2. The SMILES string of the molecule is N#Cc1cc(-c2nc(-c3ccccc3)nc(-c3cccc4c3oc3ccccc34)n2)ccc1N1c2ccccc2C2Sc3ccccc3C21. The van der Waals surface area contributed by atoms with Crippen molar-refractivity contribution < 1.29 is 4.42 Å². The Morgan fingerprint density at radius 1 is 0.612 bits per heavy atom. The average molecular weight is 648 g/mol. The summed E-state index contributed by atoms with van der Waals surface area (Å²) in [4.78, 5) is 18.6. The van der Waals surface area contributed by atoms with Crippen molar-refractivity contribution in [1.82, 2.24) is 15.0 Å². The molecule has 2 aromatic heterocycles. The molecule has 0 saturated carbocycles. The van der Waals surface area contributed by atoms with Crippen LogP contribution < -0.4 is 4.90 Å². The van der Waals surface area contributed by atoms with Crippen LogP contribution in [0.1, 0.15) is 28.0 Å². The standard InChI is InChI=1S/C42H25N5OS/c43-24-27-23-26(21-22-33(27)47-34-18-7-4-14-30(34)39-37(47)31-15-6-9-20-36(31)49-39)41-44-40(25-11-2-1-3-12-25)45-42(46-41)32-17-10-16-29-28-13-5-8-19-35(28)48-38(29)32/h1-23,37,39H. The number of rotatable bonds is 4. The molecule has 2 aliphatic heterocycles. The van der Waals surface area contributed by atoms with Gasteiger partial charge in [0.25, 0.3) is 0 Å². The summed E-state index contributed by atoms with van der Waals surface area (Å²) in [5.41, 5.74) is 9.07. The van der Waals surface area contributed by atoms with Gasteiger partial charge in [0.05, 0.1) is 28.1 Å². The van der Waals surface area contributed by atoms with Crippen LogP contribution in [0.2, 0.25) is 0 Å². The van der Waals surface area contributed by atoms with Gasteiger partial charge in [-0.2, -0.15) is 5.26 Å². The van der Waals surface area contributed by atoms with Gasteiger partial charge in [-0.25, -0.2) is 15.0 Å². The van der Waals surface area contributed by atoms with Gasteiger partial charge in [-0.3, -0.25) is 0 Å². The van der Waals surface area contributed by atoms with Crippen molar-refractivity contribution in [3.05, 3.63) is 156 Å². The first-order chi connectivity index (χ1) is 24.2. The first-order valence-corrected chi connectivity index (χ1v) is 17.0. The monoisotopic (exact) mass is 647 g/mol. The predicted molar refractivity (Wildman–Crippen MR) is 194 cm³/mol. The lowest BCUT2D eigenvalue weighted by molar-refractivity contribution is 0.669. The van der Waals surface area contributed by atoms with E-state index in [4.69, 9.17) is 19.4 Å². The highest BCUT2D eigenvalue weighted by Crippen LogP contribution is 2.64. The second-order valence-corrected chi connectivity index (χ2v) is 13.4. The van der Waals surface area contributed by atoms with E-state index in [2.05, 4.69) is 71.6 Å². The second kappa shape index (κ2) is 10.9. The van der Waals surface area contributed by atoms with E-state index in [-0.39, 0.29) is 11.3 Å². The van der Waals surface area contributed by atoms with Crippen LogP contribution in [0.4, 0.5) is 11.4 Å². The smallest absolute Gasteiger partial charge is 0.167 e. The Kier molecular flexibility index (Phi) is 6.20. The number of benzene rings is 6. The molecule has 6 aromatic carbocycles. The van der Waals surface area contributed by atoms with E-state index < -0.39 is 0 Å². The number of furan rings is 1. The summed E-state index contributed by atoms with van der Waals surface area (Å²) in [6.45, 7) is 0. The van der Waals surface area contributed by atoms with Crippen LogP contribution in [0.25, 0.3) is 56.1 Å². The van der Waals surface area contributed by atoms with E-state index in [0.717, 1.165) is 50.0 Å². The Hall–Kier alpha value is -6.23. The third-order valence-corrected chi connectivity index (χ3v) is 10.9. The molecule has 0 spiro atoms. The molecule has 0 aliphatic carbocycles. The number of nitrogens with zero attached hydrogens (tertiary/aromatic N) is 5. The topological polar surface area (TPSA) is 78.8 Å². The Morgan fingerprint density at radius 2 is 1.33 bits per heavy atom. The average Bonchev–Trinajstić information content (AvgIpc) is 3.84. The van der Waals surface area contributed by atoms with Crippen molar-refractivity contribution in [3.8, 4) is 40.2 Å². The maximum absolute atomic E-state index is 10.6. The zero-order valence-corrected chi connectivity index (χ0v) is 26.8. The molecule has 10 rings (SSSR count). The molecule has 2 unspecified atom stereocenters. The van der Waals surface area contributed by atoms with Gasteiger partial charge in [-0.15, -0.1) is 11.8 Å². The minimum atomic E-state index is 0.0920. The number of hydrogen-bond acceptors (Lipinski definition) is 7. The van der Waals surface area contributed by atoms with E-state index >= 15 is 0 Å². The molecule has 2 aliphatic rings. The first-order valence-electron chi connectivity index (χ1n) is 16.2. The van der Waals surface area contributed by atoms with Crippen LogP contribution in [-0.2, 0) is 0 Å². The van der Waals surface area contributed by atoms with Gasteiger partial charge in [0.15, 0.2) is 17.5 Å². The Morgan fingerprint density at radius 3 is 2.20 bits per heavy atom. The van der Waals surface area contributed by atoms with Crippen molar-refractivity contribution >= 4 is 45.1 Å². The van der Waals surface area contributed by atoms with E-state index in [0.29, 0.717) is 23.0 Å². The van der Waals surface area contributed by atoms with Gasteiger partial charge in [0, 0.05) is 32.5 Å². The van der Waals surface area contributed by atoms with Crippen LogP contribution in [0.15, 0.2) is 149 Å². The molecule has 8 aromatic rings. The maximum atomic E-state index is 10.6. The van der Waals surface area contributed by atoms with Crippen LogP contribution in [0.3, 0.4) is 0 Å². The van der Waals surface area contributed by atoms with Gasteiger partial charge in [-0.05, 0) is 53.6 Å². The molecule has 4 heterocycles. The Balaban J connectivity index is 1.14. The highest BCUT2D eigenvalue weighted by atomic mass is 32.2. The number of para-hydroxylation sites is 3. The quantitative estimate of drug-likeness (QED) is 0.188. The normalized spacial score (nSPS) is 16.0. The first kappa shape index (κ1) is 27.8. The summed E-state index contributed by atoms with van der Waals surface area (Å²) in [5, 5.41) is 12.9. The van der Waals surface area contributed by atoms with Crippen molar-refractivity contribution in [2.45, 2.75) is 16.2 Å². The lowest BCUT2D eigenvalue weighted by Gasteiger charge is -2.28. The Bertz CT molecular complexity index is 2640. The lowest BCUT2D eigenvalue weighted by Crippen LogP contribution is -2.20. The molecule has 230 valence electrons. The van der Waals surface area contributed by atoms with E-state index in [1.807, 2.05) is 90.6 Å². The number of aromatic nitrogens is 3. The molecule has 0 amide bonds. The minimum Gasteiger partial charge on any atom is -0.455 e. The molecular weight excluding hydrogens is 623 g/mol. The minimum absolute atomic E-state index is 0.0920. The summed E-state index contributed by atoms with van der Waals surface area (Å²) < 4.78 is 6.38. The lowest BCUT2D eigenvalue weighted by atomic mass is 10.0. The fourth-order valence-electron chi connectivity index (χ4n) is 7.32. The fourth-order valence-corrected chi connectivity index (χ4v) is 8.80. The Labute approximate surface area is 286 Å². The van der Waals surface area contributed by atoms with Gasteiger partial charge in [0.2, 0.25) is 0 Å².